The van der Waals surface area contributed by atoms with Gasteiger partial charge in [0.1, 0.15) is 18.5 Å². The Kier molecular flexibility index (Phi) is 13.4. The summed E-state index contributed by atoms with van der Waals surface area (Å²) in [4.78, 5) is 40.7. The van der Waals surface area contributed by atoms with Gasteiger partial charge < -0.3 is 28.1 Å². The predicted molar refractivity (Wildman–Crippen MR) is 150 cm³/mol. The van der Waals surface area contributed by atoms with Gasteiger partial charge in [0.05, 0.1) is 37.5 Å². The minimum Gasteiger partial charge on any atom is -0.462 e. The third-order valence-corrected chi connectivity index (χ3v) is 7.22. The summed E-state index contributed by atoms with van der Waals surface area (Å²) in [6.45, 7) is 4.26. The lowest BCUT2D eigenvalue weighted by Gasteiger charge is -2.37. The summed E-state index contributed by atoms with van der Waals surface area (Å²) in [6.07, 6.45) is 12.4. The second-order valence-electron chi connectivity index (χ2n) is 10.8. The topological polar surface area (TPSA) is 135 Å². The molecule has 0 aliphatic carbocycles. The van der Waals surface area contributed by atoms with Crippen molar-refractivity contribution in [3.8, 4) is 0 Å². The van der Waals surface area contributed by atoms with E-state index in [4.69, 9.17) is 23.4 Å². The highest BCUT2D eigenvalue weighted by molar-refractivity contribution is 5.82. The molecular formula is C30H44N2O9. The van der Waals surface area contributed by atoms with Crippen molar-refractivity contribution in [2.45, 2.75) is 109 Å². The van der Waals surface area contributed by atoms with Crippen LogP contribution in [0.15, 0.2) is 29.0 Å². The number of nitrogens with zero attached hydrogens (tertiary/aromatic N) is 1. The smallest absolute Gasteiger partial charge is 0.410 e. The van der Waals surface area contributed by atoms with E-state index in [0.29, 0.717) is 49.6 Å². The second kappa shape index (κ2) is 16.9. The zero-order valence-corrected chi connectivity index (χ0v) is 24.5. The summed E-state index contributed by atoms with van der Waals surface area (Å²) in [5.41, 5.74) is 0.710. The minimum atomic E-state index is -0.588. The normalized spacial score (nSPS) is 27.6. The van der Waals surface area contributed by atoms with Gasteiger partial charge in [-0.05, 0) is 38.0 Å². The van der Waals surface area contributed by atoms with E-state index in [1.165, 1.54) is 31.7 Å². The molecule has 2 bridgehead atoms. The first-order valence-electron chi connectivity index (χ1n) is 14.5. The molecule has 3 heterocycles. The predicted octanol–water partition coefficient (Wildman–Crippen LogP) is 4.89. The van der Waals surface area contributed by atoms with Gasteiger partial charge in [0, 0.05) is 44.7 Å². The standard InChI is InChI=1S/C30H44N2O9/c1-5-8-22-15-23(36-3)13-20(2)14-24-16-25(17-26(39-24)18-29(34)40-22)41-28(33)10-7-6-9-21-19-38-27(32-21)11-12-31-30(35)37-4/h7,10-12,19-20,22-26H,5-6,8-9,13-18H2,1-4H3,(H,31,35)/b10-7-,12-11-/t20-,22-,23-,24+,25+,26+/m0/s1. The molecular weight excluding hydrogens is 532 g/mol. The number of nitrogens with one attached hydrogen (secondary N) is 1. The van der Waals surface area contributed by atoms with Gasteiger partial charge in [-0.2, -0.15) is 0 Å². The minimum absolute atomic E-state index is 0.0100. The van der Waals surface area contributed by atoms with Gasteiger partial charge in [-0.15, -0.1) is 0 Å². The fourth-order valence-electron chi connectivity index (χ4n) is 5.36. The van der Waals surface area contributed by atoms with Crippen LogP contribution >= 0.6 is 0 Å². The number of esters is 2. The molecule has 11 heteroatoms. The number of oxazole rings is 1. The van der Waals surface area contributed by atoms with E-state index in [1.807, 2.05) is 0 Å². The van der Waals surface area contributed by atoms with E-state index in [0.717, 1.165) is 25.7 Å². The summed E-state index contributed by atoms with van der Waals surface area (Å²) in [5.74, 6) is -0.0275. The lowest BCUT2D eigenvalue weighted by Crippen LogP contribution is -2.41. The summed E-state index contributed by atoms with van der Waals surface area (Å²) in [6, 6.07) is 0. The molecule has 1 aromatic heterocycles. The van der Waals surface area contributed by atoms with Crippen molar-refractivity contribution in [2.24, 2.45) is 5.92 Å². The van der Waals surface area contributed by atoms with E-state index in [9.17, 15) is 14.4 Å². The lowest BCUT2D eigenvalue weighted by atomic mass is 9.89. The maximum absolute atomic E-state index is 12.8. The Morgan fingerprint density at radius 2 is 1.93 bits per heavy atom. The molecule has 1 aromatic rings. The largest absolute Gasteiger partial charge is 0.462 e. The molecule has 0 unspecified atom stereocenters. The van der Waals surface area contributed by atoms with E-state index >= 15 is 0 Å². The van der Waals surface area contributed by atoms with Crippen molar-refractivity contribution < 1.29 is 42.5 Å². The van der Waals surface area contributed by atoms with Gasteiger partial charge in [0.25, 0.3) is 0 Å². The number of hydrogen-bond donors (Lipinski definition) is 1. The monoisotopic (exact) mass is 576 g/mol. The lowest BCUT2D eigenvalue weighted by molar-refractivity contribution is -0.168. The molecule has 2 fully saturated rings. The highest BCUT2D eigenvalue weighted by atomic mass is 16.6. The fraction of sp³-hybridized carbons (Fsp3) is 0.667. The Morgan fingerprint density at radius 1 is 1.12 bits per heavy atom. The molecule has 2 aliphatic rings. The number of amides is 1. The summed E-state index contributed by atoms with van der Waals surface area (Å²) < 4.78 is 33.4. The molecule has 0 aromatic carbocycles. The van der Waals surface area contributed by atoms with E-state index in [1.54, 1.807) is 13.2 Å². The zero-order chi connectivity index (χ0) is 29.6. The number of carbonyl (C=O) groups excluding carboxylic acids is 3. The fourth-order valence-corrected chi connectivity index (χ4v) is 5.36. The van der Waals surface area contributed by atoms with Gasteiger partial charge >= 0.3 is 18.0 Å². The number of ether oxygens (including phenoxy) is 5. The van der Waals surface area contributed by atoms with Crippen LogP contribution in [0.4, 0.5) is 4.79 Å². The number of carbonyl (C=O) groups is 3. The van der Waals surface area contributed by atoms with Crippen molar-refractivity contribution in [1.29, 1.82) is 0 Å². The Balaban J connectivity index is 1.51. The van der Waals surface area contributed by atoms with Gasteiger partial charge in [-0.3, -0.25) is 10.1 Å². The molecule has 2 aliphatic heterocycles. The van der Waals surface area contributed by atoms with Crippen LogP contribution in [0.25, 0.3) is 6.08 Å². The average Bonchev–Trinajstić information content (AvgIpc) is 3.37. The number of alkyl carbamates (subject to hydrolysis) is 1. The number of aryl methyl sites for hydroxylation is 1. The number of methoxy groups -OCH3 is 2. The maximum Gasteiger partial charge on any atom is 0.410 e. The number of rotatable bonds is 10. The molecule has 228 valence electrons. The van der Waals surface area contributed by atoms with Crippen molar-refractivity contribution in [1.82, 2.24) is 10.3 Å². The van der Waals surface area contributed by atoms with Crippen LogP contribution in [0.5, 0.6) is 0 Å². The van der Waals surface area contributed by atoms with Crippen molar-refractivity contribution in [2.75, 3.05) is 14.2 Å². The number of cyclic esters (lactones) is 1. The maximum atomic E-state index is 12.8. The Labute approximate surface area is 242 Å². The van der Waals surface area contributed by atoms with Crippen molar-refractivity contribution >= 4 is 24.1 Å². The van der Waals surface area contributed by atoms with Crippen LogP contribution in [-0.4, -0.2) is 67.8 Å². The number of fused-ring (bicyclic) bond motifs is 2. The number of hydrogen-bond acceptors (Lipinski definition) is 10. The van der Waals surface area contributed by atoms with Gasteiger partial charge in [0.2, 0.25) is 5.89 Å². The molecule has 3 rings (SSSR count). The first kappa shape index (κ1) is 32.3. The number of aromatic nitrogens is 1. The highest BCUT2D eigenvalue weighted by Crippen LogP contribution is 2.31. The Morgan fingerprint density at radius 3 is 2.68 bits per heavy atom. The summed E-state index contributed by atoms with van der Waals surface area (Å²) in [5, 5.41) is 2.39. The van der Waals surface area contributed by atoms with Crippen LogP contribution in [0, 0.1) is 5.92 Å². The van der Waals surface area contributed by atoms with Gasteiger partial charge in [0.15, 0.2) is 0 Å². The molecule has 1 amide bonds. The van der Waals surface area contributed by atoms with Crippen LogP contribution < -0.4 is 5.32 Å². The number of allylic oxidation sites excluding steroid dienone is 1. The van der Waals surface area contributed by atoms with E-state index in [-0.39, 0.29) is 42.9 Å². The SMILES string of the molecule is CCC[C@H]1C[C@@H](OC)C[C@H](C)C[C@@H]2C[C@@H](OC(=O)/C=C\CCc3coc(/C=C\NC(=O)OC)n3)C[C@H](CC(=O)O1)O2. The second-order valence-corrected chi connectivity index (χ2v) is 10.8. The molecule has 2 saturated heterocycles. The van der Waals surface area contributed by atoms with Crippen LogP contribution in [-0.2, 0) is 39.7 Å². The quantitative estimate of drug-likeness (QED) is 0.233. The van der Waals surface area contributed by atoms with Crippen LogP contribution in [0.2, 0.25) is 0 Å². The Bertz CT molecular complexity index is 1040. The third kappa shape index (κ3) is 11.7. The summed E-state index contributed by atoms with van der Waals surface area (Å²) in [7, 11) is 2.98. The molecule has 0 spiro atoms. The molecule has 1 N–H and O–H groups in total. The first-order valence-corrected chi connectivity index (χ1v) is 14.5. The molecule has 0 saturated carbocycles. The zero-order valence-electron chi connectivity index (χ0n) is 24.5. The summed E-state index contributed by atoms with van der Waals surface area (Å²) >= 11 is 0. The molecule has 11 nitrogen and oxygen atoms in total. The van der Waals surface area contributed by atoms with Gasteiger partial charge in [-0.25, -0.2) is 14.6 Å². The first-order chi connectivity index (χ1) is 19.8. The third-order valence-electron chi connectivity index (χ3n) is 7.22. The molecule has 41 heavy (non-hydrogen) atoms. The average molecular weight is 577 g/mol. The highest BCUT2D eigenvalue weighted by Gasteiger charge is 2.35. The van der Waals surface area contributed by atoms with E-state index < -0.39 is 12.1 Å². The Hall–Kier alpha value is -3.18. The van der Waals surface area contributed by atoms with Crippen molar-refractivity contribution in [3.05, 3.63) is 36.2 Å². The van der Waals surface area contributed by atoms with Crippen LogP contribution in [0.1, 0.15) is 83.2 Å². The van der Waals surface area contributed by atoms with Gasteiger partial charge in [-0.1, -0.05) is 26.3 Å². The van der Waals surface area contributed by atoms with Crippen molar-refractivity contribution in [3.63, 3.8) is 0 Å². The van der Waals surface area contributed by atoms with E-state index in [2.05, 4.69) is 28.9 Å². The molecule has 6 atom stereocenters. The van der Waals surface area contributed by atoms with Crippen LogP contribution in [0.3, 0.4) is 0 Å². The molecule has 0 radical (unpaired) electrons.